The summed E-state index contributed by atoms with van der Waals surface area (Å²) >= 11 is 0. The maximum Gasteiger partial charge on any atom is 0.410 e. The lowest BCUT2D eigenvalue weighted by atomic mass is 9.78. The predicted molar refractivity (Wildman–Crippen MR) is 103 cm³/mol. The number of carbonyl (C=O) groups is 1. The number of carbonyl (C=O) groups excluding carboxylic acids is 1. The van der Waals surface area contributed by atoms with E-state index in [4.69, 9.17) is 9.47 Å². The Hall–Kier alpha value is -2.69. The van der Waals surface area contributed by atoms with Crippen LogP contribution in [-0.4, -0.2) is 34.8 Å². The Morgan fingerprint density at radius 2 is 1.89 bits per heavy atom. The summed E-state index contributed by atoms with van der Waals surface area (Å²) in [6.45, 7) is 8.56. The molecule has 0 saturated carbocycles. The first-order valence-electron chi connectivity index (χ1n) is 9.34. The molecular formula is C22H25NO4. The number of ether oxygens (including phenoxy) is 2. The normalized spacial score (nSPS) is 16.8. The van der Waals surface area contributed by atoms with Crippen LogP contribution in [0.4, 0.5) is 4.79 Å². The number of aryl methyl sites for hydroxylation is 1. The minimum atomic E-state index is -0.599. The van der Waals surface area contributed by atoms with Crippen molar-refractivity contribution in [1.29, 1.82) is 0 Å². The number of likely N-dealkylation sites (tertiary alicyclic amines) is 1. The number of phenols is 1. The number of amides is 1. The van der Waals surface area contributed by atoms with Crippen molar-refractivity contribution in [1.82, 2.24) is 4.90 Å². The molecule has 1 fully saturated rings. The van der Waals surface area contributed by atoms with Crippen molar-refractivity contribution in [2.75, 3.05) is 13.1 Å². The van der Waals surface area contributed by atoms with Crippen LogP contribution in [-0.2, 0) is 16.8 Å². The fraction of sp³-hybridized carbons (Fsp3) is 0.409. The molecule has 5 heteroatoms. The van der Waals surface area contributed by atoms with Crippen LogP contribution in [0.3, 0.4) is 0 Å². The number of hydrogen-bond donors (Lipinski definition) is 1. The molecule has 142 valence electrons. The first kappa shape index (κ1) is 17.7. The van der Waals surface area contributed by atoms with Gasteiger partial charge in [0.2, 0.25) is 0 Å². The molecule has 1 spiro atoms. The summed E-state index contributed by atoms with van der Waals surface area (Å²) in [7, 11) is 0. The second-order valence-corrected chi connectivity index (χ2v) is 8.35. The number of benzene rings is 2. The van der Waals surface area contributed by atoms with Crippen molar-refractivity contribution < 1.29 is 19.4 Å². The van der Waals surface area contributed by atoms with Crippen LogP contribution in [0.1, 0.15) is 38.8 Å². The van der Waals surface area contributed by atoms with Gasteiger partial charge in [0.1, 0.15) is 17.1 Å². The molecule has 4 rings (SSSR count). The van der Waals surface area contributed by atoms with E-state index in [1.54, 1.807) is 17.0 Å². The van der Waals surface area contributed by atoms with Crippen molar-refractivity contribution >= 4 is 6.09 Å². The Morgan fingerprint density at radius 1 is 1.19 bits per heavy atom. The monoisotopic (exact) mass is 367 g/mol. The number of phenolic OH excluding ortho intramolecular Hbond substituents is 1. The molecule has 2 aliphatic heterocycles. The highest BCUT2D eigenvalue weighted by atomic mass is 16.6. The lowest BCUT2D eigenvalue weighted by Crippen LogP contribution is -2.65. The van der Waals surface area contributed by atoms with Crippen LogP contribution in [0, 0.1) is 0 Å². The maximum absolute atomic E-state index is 12.4. The van der Waals surface area contributed by atoms with Gasteiger partial charge in [-0.25, -0.2) is 4.79 Å². The van der Waals surface area contributed by atoms with Crippen LogP contribution in [0.15, 0.2) is 36.4 Å². The summed E-state index contributed by atoms with van der Waals surface area (Å²) in [5, 5.41) is 9.88. The van der Waals surface area contributed by atoms with E-state index in [2.05, 4.69) is 25.1 Å². The fourth-order valence-electron chi connectivity index (χ4n) is 3.77. The van der Waals surface area contributed by atoms with Gasteiger partial charge in [-0.05, 0) is 50.5 Å². The molecule has 0 radical (unpaired) electrons. The third-order valence-corrected chi connectivity index (χ3v) is 5.09. The van der Waals surface area contributed by atoms with Crippen LogP contribution in [0.25, 0.3) is 11.1 Å². The van der Waals surface area contributed by atoms with Crippen LogP contribution in [0.5, 0.6) is 11.5 Å². The smallest absolute Gasteiger partial charge is 0.410 e. The highest BCUT2D eigenvalue weighted by molar-refractivity contribution is 5.79. The lowest BCUT2D eigenvalue weighted by molar-refractivity contribution is -0.0875. The second kappa shape index (κ2) is 5.91. The van der Waals surface area contributed by atoms with Gasteiger partial charge in [-0.3, -0.25) is 4.90 Å². The SMILES string of the molecule is CCc1ccc2c(c1)C1(CN(C(=O)OC(C)(C)C)C1)Oc1cc(O)ccc1-2. The Labute approximate surface area is 159 Å². The van der Waals surface area contributed by atoms with Gasteiger partial charge in [0.05, 0.1) is 13.1 Å². The van der Waals surface area contributed by atoms with E-state index < -0.39 is 11.2 Å². The Bertz CT molecular complexity index is 907. The molecule has 0 bridgehead atoms. The second-order valence-electron chi connectivity index (χ2n) is 8.35. The molecule has 0 atom stereocenters. The molecule has 0 aliphatic carbocycles. The number of hydrogen-bond acceptors (Lipinski definition) is 4. The fourth-order valence-corrected chi connectivity index (χ4v) is 3.77. The third kappa shape index (κ3) is 3.01. The molecule has 2 heterocycles. The van der Waals surface area contributed by atoms with Gasteiger partial charge < -0.3 is 14.6 Å². The van der Waals surface area contributed by atoms with Gasteiger partial charge in [-0.2, -0.15) is 0 Å². The zero-order chi connectivity index (χ0) is 19.4. The zero-order valence-corrected chi connectivity index (χ0v) is 16.2. The minimum absolute atomic E-state index is 0.167. The quantitative estimate of drug-likeness (QED) is 0.808. The molecule has 5 nitrogen and oxygen atoms in total. The van der Waals surface area contributed by atoms with E-state index in [1.807, 2.05) is 26.8 Å². The maximum atomic E-state index is 12.4. The van der Waals surface area contributed by atoms with Gasteiger partial charge in [-0.1, -0.05) is 25.1 Å². The van der Waals surface area contributed by atoms with Gasteiger partial charge >= 0.3 is 6.09 Å². The van der Waals surface area contributed by atoms with Crippen LogP contribution in [0.2, 0.25) is 0 Å². The van der Waals surface area contributed by atoms with E-state index in [0.29, 0.717) is 18.8 Å². The van der Waals surface area contributed by atoms with E-state index in [-0.39, 0.29) is 11.8 Å². The van der Waals surface area contributed by atoms with E-state index in [1.165, 1.54) is 5.56 Å². The Kier molecular flexibility index (Phi) is 3.88. The molecular weight excluding hydrogens is 342 g/mol. The standard InChI is InChI=1S/C22H25NO4/c1-5-14-6-8-16-17-9-7-15(24)11-19(17)26-22(18(16)10-14)12-23(13-22)20(25)27-21(2,3)4/h6-11,24H,5,12-13H2,1-4H3. The largest absolute Gasteiger partial charge is 0.508 e. The van der Waals surface area contributed by atoms with Crippen molar-refractivity contribution in [3.63, 3.8) is 0 Å². The molecule has 2 aliphatic rings. The summed E-state index contributed by atoms with van der Waals surface area (Å²) in [6, 6.07) is 11.6. The first-order valence-corrected chi connectivity index (χ1v) is 9.34. The molecule has 2 aromatic rings. The van der Waals surface area contributed by atoms with Crippen molar-refractivity contribution in [3.05, 3.63) is 47.5 Å². The third-order valence-electron chi connectivity index (χ3n) is 5.09. The summed E-state index contributed by atoms with van der Waals surface area (Å²) in [5.74, 6) is 0.816. The van der Waals surface area contributed by atoms with Gasteiger partial charge in [-0.15, -0.1) is 0 Å². The highest BCUT2D eigenvalue weighted by Crippen LogP contribution is 2.50. The topological polar surface area (TPSA) is 59.0 Å². The molecule has 2 aromatic carbocycles. The molecule has 1 amide bonds. The molecule has 27 heavy (non-hydrogen) atoms. The Morgan fingerprint density at radius 3 is 2.56 bits per heavy atom. The number of fused-ring (bicyclic) bond motifs is 4. The van der Waals surface area contributed by atoms with E-state index in [9.17, 15) is 9.90 Å². The van der Waals surface area contributed by atoms with Gasteiger partial charge in [0, 0.05) is 17.2 Å². The number of nitrogens with zero attached hydrogens (tertiary/aromatic N) is 1. The molecule has 0 unspecified atom stereocenters. The van der Waals surface area contributed by atoms with Crippen LogP contribution >= 0.6 is 0 Å². The minimum Gasteiger partial charge on any atom is -0.508 e. The summed E-state index contributed by atoms with van der Waals surface area (Å²) in [4.78, 5) is 14.1. The van der Waals surface area contributed by atoms with Crippen molar-refractivity contribution in [3.8, 4) is 22.6 Å². The first-order chi connectivity index (χ1) is 12.7. The predicted octanol–water partition coefficient (Wildman–Crippen LogP) is 4.46. The average Bonchev–Trinajstić information content (AvgIpc) is 2.56. The van der Waals surface area contributed by atoms with E-state index >= 15 is 0 Å². The lowest BCUT2D eigenvalue weighted by Gasteiger charge is -2.52. The van der Waals surface area contributed by atoms with E-state index in [0.717, 1.165) is 23.1 Å². The highest BCUT2D eigenvalue weighted by Gasteiger charge is 2.53. The molecule has 1 saturated heterocycles. The number of aromatic hydroxyl groups is 1. The van der Waals surface area contributed by atoms with Gasteiger partial charge in [0.15, 0.2) is 5.60 Å². The van der Waals surface area contributed by atoms with Crippen molar-refractivity contribution in [2.24, 2.45) is 0 Å². The average molecular weight is 367 g/mol. The summed E-state index contributed by atoms with van der Waals surface area (Å²) < 4.78 is 11.9. The van der Waals surface area contributed by atoms with Crippen LogP contribution < -0.4 is 4.74 Å². The molecule has 0 aromatic heterocycles. The number of rotatable bonds is 1. The summed E-state index contributed by atoms with van der Waals surface area (Å²) in [6.07, 6.45) is 0.605. The zero-order valence-electron chi connectivity index (χ0n) is 16.2. The summed E-state index contributed by atoms with van der Waals surface area (Å²) in [5.41, 5.74) is 3.26. The van der Waals surface area contributed by atoms with Gasteiger partial charge in [0.25, 0.3) is 0 Å². The van der Waals surface area contributed by atoms with Crippen molar-refractivity contribution in [2.45, 2.75) is 45.3 Å². The Balaban J connectivity index is 1.70. The molecule has 1 N–H and O–H groups in total.